The molecule has 0 atom stereocenters. The number of aliphatic imine (C=N–C) groups is 1. The summed E-state index contributed by atoms with van der Waals surface area (Å²) in [4.78, 5) is 6.39. The van der Waals surface area contributed by atoms with E-state index in [1.165, 1.54) is 6.42 Å². The van der Waals surface area contributed by atoms with Crippen LogP contribution in [0.15, 0.2) is 35.3 Å². The fourth-order valence-electron chi connectivity index (χ4n) is 2.68. The molecule has 0 unspecified atom stereocenters. The number of sulfonamides is 1. The van der Waals surface area contributed by atoms with E-state index in [1.807, 2.05) is 49.2 Å². The van der Waals surface area contributed by atoms with E-state index in [0.29, 0.717) is 31.6 Å². The van der Waals surface area contributed by atoms with E-state index in [1.54, 1.807) is 0 Å². The molecule has 1 aromatic carbocycles. The van der Waals surface area contributed by atoms with E-state index in [9.17, 15) is 8.42 Å². The number of likely N-dealkylation sites (N-methyl/N-ethyl adjacent to an activating group) is 1. The number of rotatable bonds is 11. The van der Waals surface area contributed by atoms with E-state index in [4.69, 9.17) is 4.74 Å². The Morgan fingerprint density at radius 1 is 1.29 bits per heavy atom. The number of hydrogen-bond donors (Lipinski definition) is 2. The van der Waals surface area contributed by atoms with Gasteiger partial charge in [-0.3, -0.25) is 4.99 Å². The van der Waals surface area contributed by atoms with E-state index < -0.39 is 10.0 Å². The Kier molecular flexibility index (Phi) is 11.8. The van der Waals surface area contributed by atoms with Crippen LogP contribution >= 0.6 is 24.0 Å². The van der Waals surface area contributed by atoms with Crippen LogP contribution in [0.3, 0.4) is 0 Å². The number of guanidine groups is 1. The molecule has 2 N–H and O–H groups in total. The van der Waals surface area contributed by atoms with Crippen LogP contribution in [-0.2, 0) is 10.0 Å². The molecule has 0 aromatic heterocycles. The fourth-order valence-corrected chi connectivity index (χ4v) is 3.64. The summed E-state index contributed by atoms with van der Waals surface area (Å²) >= 11 is 0. The van der Waals surface area contributed by atoms with Gasteiger partial charge in [0.15, 0.2) is 5.96 Å². The standard InChI is InChI=1S/C19H32N4O3S.HI/c1-3-20-19(23(2)13-14-26-18-10-5-4-6-11-18)21-12-15-27(24,25)22-16-17-8-7-9-17;/h4-6,10-11,17,22H,3,7-9,12-16H2,1-2H3,(H,20,21);1H. The van der Waals surface area contributed by atoms with Gasteiger partial charge in [-0.15, -0.1) is 24.0 Å². The smallest absolute Gasteiger partial charge is 0.213 e. The quantitative estimate of drug-likeness (QED) is 0.264. The van der Waals surface area contributed by atoms with Crippen molar-refractivity contribution < 1.29 is 13.2 Å². The Labute approximate surface area is 186 Å². The number of hydrogen-bond acceptors (Lipinski definition) is 4. The minimum absolute atomic E-state index is 0. The summed E-state index contributed by atoms with van der Waals surface area (Å²) < 4.78 is 32.6. The van der Waals surface area contributed by atoms with Gasteiger partial charge in [-0.2, -0.15) is 0 Å². The number of ether oxygens (including phenoxy) is 1. The molecule has 1 aromatic rings. The van der Waals surface area contributed by atoms with E-state index in [0.717, 1.165) is 25.1 Å². The average Bonchev–Trinajstić information content (AvgIpc) is 2.60. The van der Waals surface area contributed by atoms with Gasteiger partial charge in [-0.25, -0.2) is 13.1 Å². The summed E-state index contributed by atoms with van der Waals surface area (Å²) in [6.45, 7) is 4.66. The third-order valence-corrected chi connectivity index (χ3v) is 5.90. The van der Waals surface area contributed by atoms with Gasteiger partial charge in [0.25, 0.3) is 0 Å². The molecule has 0 heterocycles. The molecule has 28 heavy (non-hydrogen) atoms. The van der Waals surface area contributed by atoms with Gasteiger partial charge < -0.3 is 15.0 Å². The minimum atomic E-state index is -3.27. The molecule has 1 saturated carbocycles. The monoisotopic (exact) mass is 524 g/mol. The van der Waals surface area contributed by atoms with Crippen molar-refractivity contribution in [1.82, 2.24) is 14.9 Å². The lowest BCUT2D eigenvalue weighted by atomic mass is 9.86. The van der Waals surface area contributed by atoms with Crippen molar-refractivity contribution in [3.63, 3.8) is 0 Å². The largest absolute Gasteiger partial charge is 0.492 e. The highest BCUT2D eigenvalue weighted by Gasteiger charge is 2.20. The second-order valence-electron chi connectivity index (χ2n) is 6.78. The molecule has 0 spiro atoms. The molecule has 0 aliphatic heterocycles. The SMILES string of the molecule is CCNC(=NCCS(=O)(=O)NCC1CCC1)N(C)CCOc1ccccc1.I. The zero-order chi connectivity index (χ0) is 19.5. The van der Waals surface area contributed by atoms with Crippen LogP contribution in [0.2, 0.25) is 0 Å². The van der Waals surface area contributed by atoms with Gasteiger partial charge in [0.05, 0.1) is 18.8 Å². The molecule has 160 valence electrons. The normalized spacial score (nSPS) is 14.7. The molecule has 0 saturated heterocycles. The number of nitrogens with one attached hydrogen (secondary N) is 2. The Morgan fingerprint density at radius 3 is 2.61 bits per heavy atom. The van der Waals surface area contributed by atoms with Crippen molar-refractivity contribution in [2.45, 2.75) is 26.2 Å². The van der Waals surface area contributed by atoms with Crippen molar-refractivity contribution in [2.75, 3.05) is 45.6 Å². The van der Waals surface area contributed by atoms with Crippen LogP contribution in [0.4, 0.5) is 0 Å². The van der Waals surface area contributed by atoms with Crippen LogP contribution < -0.4 is 14.8 Å². The summed E-state index contributed by atoms with van der Waals surface area (Å²) in [6.07, 6.45) is 3.46. The van der Waals surface area contributed by atoms with Gasteiger partial charge in [-0.1, -0.05) is 24.6 Å². The average molecular weight is 524 g/mol. The lowest BCUT2D eigenvalue weighted by Gasteiger charge is -2.25. The van der Waals surface area contributed by atoms with Gasteiger partial charge in [0.2, 0.25) is 10.0 Å². The third-order valence-electron chi connectivity index (χ3n) is 4.57. The summed E-state index contributed by atoms with van der Waals surface area (Å²) in [5.41, 5.74) is 0. The molecule has 9 heteroatoms. The topological polar surface area (TPSA) is 83.0 Å². The number of para-hydroxylation sites is 1. The van der Waals surface area contributed by atoms with E-state index in [2.05, 4.69) is 15.0 Å². The predicted molar refractivity (Wildman–Crippen MR) is 125 cm³/mol. The molecule has 0 radical (unpaired) electrons. The Hall–Kier alpha value is -1.07. The van der Waals surface area contributed by atoms with Crippen LogP contribution in [0.25, 0.3) is 0 Å². The molecule has 1 fully saturated rings. The van der Waals surface area contributed by atoms with Gasteiger partial charge in [-0.05, 0) is 37.8 Å². The second-order valence-corrected chi connectivity index (χ2v) is 8.71. The predicted octanol–water partition coefficient (Wildman–Crippen LogP) is 2.30. The molecule has 1 aliphatic rings. The van der Waals surface area contributed by atoms with Crippen molar-refractivity contribution in [3.05, 3.63) is 30.3 Å². The number of benzene rings is 1. The molecule has 0 bridgehead atoms. The maximum absolute atomic E-state index is 12.1. The third kappa shape index (κ3) is 9.42. The Morgan fingerprint density at radius 2 is 2.00 bits per heavy atom. The van der Waals surface area contributed by atoms with Crippen LogP contribution in [0, 0.1) is 5.92 Å². The maximum atomic E-state index is 12.1. The second kappa shape index (κ2) is 13.2. The first kappa shape index (κ1) is 25.0. The van der Waals surface area contributed by atoms with Crippen LogP contribution in [0.5, 0.6) is 5.75 Å². The molecule has 1 aliphatic carbocycles. The molecule has 7 nitrogen and oxygen atoms in total. The molecule has 0 amide bonds. The van der Waals surface area contributed by atoms with Crippen molar-refractivity contribution in [1.29, 1.82) is 0 Å². The summed E-state index contributed by atoms with van der Waals surface area (Å²) in [5.74, 6) is 2.03. The Bertz CT molecular complexity index is 682. The number of nitrogens with zero attached hydrogens (tertiary/aromatic N) is 2. The first-order valence-corrected chi connectivity index (χ1v) is 11.3. The van der Waals surface area contributed by atoms with Gasteiger partial charge in [0, 0.05) is 20.1 Å². The van der Waals surface area contributed by atoms with Crippen LogP contribution in [0.1, 0.15) is 26.2 Å². The first-order chi connectivity index (χ1) is 13.0. The van der Waals surface area contributed by atoms with Crippen LogP contribution in [-0.4, -0.2) is 64.9 Å². The highest BCUT2D eigenvalue weighted by molar-refractivity contribution is 14.0. The van der Waals surface area contributed by atoms with Crippen molar-refractivity contribution >= 4 is 40.0 Å². The van der Waals surface area contributed by atoms with Crippen molar-refractivity contribution in [2.24, 2.45) is 10.9 Å². The van der Waals surface area contributed by atoms with E-state index in [-0.39, 0.29) is 36.3 Å². The first-order valence-electron chi connectivity index (χ1n) is 9.65. The molecular weight excluding hydrogens is 491 g/mol. The van der Waals surface area contributed by atoms with Gasteiger partial charge >= 0.3 is 0 Å². The highest BCUT2D eigenvalue weighted by atomic mass is 127. The zero-order valence-corrected chi connectivity index (χ0v) is 19.9. The summed E-state index contributed by atoms with van der Waals surface area (Å²) in [5, 5.41) is 3.19. The zero-order valence-electron chi connectivity index (χ0n) is 16.8. The highest BCUT2D eigenvalue weighted by Crippen LogP contribution is 2.25. The lowest BCUT2D eigenvalue weighted by Crippen LogP contribution is -2.41. The summed E-state index contributed by atoms with van der Waals surface area (Å²) in [6, 6.07) is 9.65. The number of halogens is 1. The van der Waals surface area contributed by atoms with Gasteiger partial charge in [0.1, 0.15) is 12.4 Å². The lowest BCUT2D eigenvalue weighted by molar-refractivity contribution is 0.281. The minimum Gasteiger partial charge on any atom is -0.492 e. The summed E-state index contributed by atoms with van der Waals surface area (Å²) in [7, 11) is -1.35. The maximum Gasteiger partial charge on any atom is 0.213 e. The molecular formula is C19H33IN4O3S. The molecule has 2 rings (SSSR count). The Balaban J connectivity index is 0.00000392. The van der Waals surface area contributed by atoms with E-state index >= 15 is 0 Å². The van der Waals surface area contributed by atoms with Crippen molar-refractivity contribution in [3.8, 4) is 5.75 Å². The fraction of sp³-hybridized carbons (Fsp3) is 0.632.